The van der Waals surface area contributed by atoms with Gasteiger partial charge in [0.1, 0.15) is 5.75 Å². The summed E-state index contributed by atoms with van der Waals surface area (Å²) in [7, 11) is 3.58. The summed E-state index contributed by atoms with van der Waals surface area (Å²) in [4.78, 5) is 18.6. The van der Waals surface area contributed by atoms with Crippen molar-refractivity contribution in [2.45, 2.75) is 44.8 Å². The van der Waals surface area contributed by atoms with Gasteiger partial charge >= 0.3 is 0 Å². The largest absolute Gasteiger partial charge is 0.497 e. The number of aryl methyl sites for hydroxylation is 2. The minimum absolute atomic E-state index is 0.0550. The van der Waals surface area contributed by atoms with Gasteiger partial charge < -0.3 is 15.0 Å². The van der Waals surface area contributed by atoms with E-state index < -0.39 is 0 Å². The van der Waals surface area contributed by atoms with Gasteiger partial charge in [0.15, 0.2) is 0 Å². The van der Waals surface area contributed by atoms with E-state index in [1.165, 1.54) is 12.8 Å². The summed E-state index contributed by atoms with van der Waals surface area (Å²) >= 11 is 2.49. The van der Waals surface area contributed by atoms with Gasteiger partial charge in [-0.25, -0.2) is 0 Å². The molecule has 0 unspecified atom stereocenters. The Morgan fingerprint density at radius 2 is 1.92 bits per heavy atom. The van der Waals surface area contributed by atoms with Crippen LogP contribution < -0.4 is 15.0 Å². The number of fused-ring (bicyclic) bond motifs is 2. The molecule has 1 N–H and O–H groups in total. The number of amides is 1. The second kappa shape index (κ2) is 10.4. The highest BCUT2D eigenvalue weighted by Crippen LogP contribution is 2.34. The van der Waals surface area contributed by atoms with Crippen LogP contribution in [0.25, 0.3) is 11.3 Å². The van der Waals surface area contributed by atoms with E-state index in [9.17, 15) is 4.79 Å². The lowest BCUT2D eigenvalue weighted by atomic mass is 10.0. The predicted octanol–water partition coefficient (Wildman–Crippen LogP) is 4.94. The van der Waals surface area contributed by atoms with Crippen molar-refractivity contribution in [3.8, 4) is 17.0 Å². The predicted molar refractivity (Wildman–Crippen MR) is 152 cm³/mol. The second-order valence-electron chi connectivity index (χ2n) is 9.95. The van der Waals surface area contributed by atoms with Crippen LogP contribution in [0.5, 0.6) is 5.75 Å². The number of rotatable bonds is 7. The average molecular weight is 600 g/mol. The van der Waals surface area contributed by atoms with Crippen molar-refractivity contribution < 1.29 is 9.53 Å². The van der Waals surface area contributed by atoms with E-state index in [2.05, 4.69) is 67.1 Å². The van der Waals surface area contributed by atoms with E-state index in [1.807, 2.05) is 43.8 Å². The van der Waals surface area contributed by atoms with Gasteiger partial charge in [0.05, 0.1) is 23.4 Å². The molecule has 5 rings (SSSR count). The smallest absolute Gasteiger partial charge is 0.252 e. The molecule has 7 nitrogen and oxygen atoms in total. The average Bonchev–Trinajstić information content (AvgIpc) is 3.42. The topological polar surface area (TPSA) is 62.6 Å². The maximum atomic E-state index is 13.5. The fourth-order valence-corrected chi connectivity index (χ4v) is 6.71. The van der Waals surface area contributed by atoms with Gasteiger partial charge in [0.25, 0.3) is 5.91 Å². The van der Waals surface area contributed by atoms with Crippen LogP contribution >= 0.6 is 22.6 Å². The standard InChI is InChI=1S/C28H34IN5O2/c1-18-5-6-22(33-15-23-7-8-24(16-33)34(23)17-29)14-26(18)28(35)31-19(2)20-11-21(13-25(12-20)36-4)27-9-10-30-32(27)3/h5-6,9-14,19,23-24H,7-8,15-17H2,1-4H3,(H,31,35)/t19-,23-,24+/m1/s1. The Morgan fingerprint density at radius 1 is 1.17 bits per heavy atom. The number of anilines is 1. The number of halogens is 1. The van der Waals surface area contributed by atoms with Crippen LogP contribution in [0.2, 0.25) is 0 Å². The Hall–Kier alpha value is -2.59. The number of benzene rings is 2. The maximum Gasteiger partial charge on any atom is 0.252 e. The SMILES string of the molecule is COc1cc(-c2ccnn2C)cc([C@@H](C)NC(=O)c2cc(N3C[C@H]4CC[C@@H](C3)N4CI)ccc2C)c1. The summed E-state index contributed by atoms with van der Waals surface area (Å²) in [5.41, 5.74) is 5.84. The highest BCUT2D eigenvalue weighted by atomic mass is 127. The van der Waals surface area contributed by atoms with Gasteiger partial charge in [-0.15, -0.1) is 0 Å². The van der Waals surface area contributed by atoms with Gasteiger partial charge in [0.2, 0.25) is 0 Å². The summed E-state index contributed by atoms with van der Waals surface area (Å²) in [6.07, 6.45) is 4.31. The quantitative estimate of drug-likeness (QED) is 0.237. The first-order valence-electron chi connectivity index (χ1n) is 12.5. The first-order chi connectivity index (χ1) is 17.4. The maximum absolute atomic E-state index is 13.5. The lowest BCUT2D eigenvalue weighted by molar-refractivity contribution is 0.0939. The van der Waals surface area contributed by atoms with Crippen LogP contribution in [0.15, 0.2) is 48.7 Å². The number of ether oxygens (including phenoxy) is 1. The molecule has 0 spiro atoms. The minimum atomic E-state index is -0.189. The molecule has 2 aliphatic heterocycles. The molecule has 36 heavy (non-hydrogen) atoms. The molecule has 2 saturated heterocycles. The van der Waals surface area contributed by atoms with Gasteiger partial charge in [-0.3, -0.25) is 14.4 Å². The van der Waals surface area contributed by atoms with E-state index in [4.69, 9.17) is 4.74 Å². The molecular weight excluding hydrogens is 565 g/mol. The van der Waals surface area contributed by atoms with Gasteiger partial charge in [-0.2, -0.15) is 5.10 Å². The van der Waals surface area contributed by atoms with Crippen LogP contribution in [-0.2, 0) is 7.05 Å². The monoisotopic (exact) mass is 599 g/mol. The van der Waals surface area contributed by atoms with E-state index in [1.54, 1.807) is 13.3 Å². The van der Waals surface area contributed by atoms with Crippen molar-refractivity contribution in [1.82, 2.24) is 20.0 Å². The van der Waals surface area contributed by atoms with Crippen molar-refractivity contribution >= 4 is 34.2 Å². The number of carbonyl (C=O) groups excluding carboxylic acids is 1. The Labute approximate surface area is 226 Å². The number of nitrogens with zero attached hydrogens (tertiary/aromatic N) is 4. The number of piperazine rings is 1. The molecule has 1 aromatic heterocycles. The van der Waals surface area contributed by atoms with Gasteiger partial charge in [0, 0.05) is 55.2 Å². The number of nitrogens with one attached hydrogen (secondary N) is 1. The Kier molecular flexibility index (Phi) is 7.25. The number of hydrogen-bond donors (Lipinski definition) is 1. The molecule has 2 aromatic carbocycles. The Morgan fingerprint density at radius 3 is 2.56 bits per heavy atom. The molecule has 2 aliphatic rings. The fourth-order valence-electron chi connectivity index (χ4n) is 5.60. The third kappa shape index (κ3) is 4.85. The molecule has 3 aromatic rings. The molecule has 3 atom stereocenters. The molecular formula is C28H34IN5O2. The molecule has 8 heteroatoms. The highest BCUT2D eigenvalue weighted by Gasteiger charge is 2.39. The highest BCUT2D eigenvalue weighted by molar-refractivity contribution is 14.1. The number of carbonyl (C=O) groups is 1. The lowest BCUT2D eigenvalue weighted by Gasteiger charge is -2.41. The summed E-state index contributed by atoms with van der Waals surface area (Å²) in [5.74, 6) is 0.698. The summed E-state index contributed by atoms with van der Waals surface area (Å²) < 4.78 is 8.49. The summed E-state index contributed by atoms with van der Waals surface area (Å²) in [5, 5.41) is 7.51. The van der Waals surface area contributed by atoms with Crippen molar-refractivity contribution in [3.05, 3.63) is 65.4 Å². The lowest BCUT2D eigenvalue weighted by Crippen LogP contribution is -2.53. The van der Waals surface area contributed by atoms with Crippen molar-refractivity contribution in [1.29, 1.82) is 0 Å². The van der Waals surface area contributed by atoms with Crippen LogP contribution in [0.4, 0.5) is 5.69 Å². The number of alkyl halides is 1. The molecule has 190 valence electrons. The molecule has 2 bridgehead atoms. The summed E-state index contributed by atoms with van der Waals surface area (Å²) in [6, 6.07) is 15.4. The zero-order valence-corrected chi connectivity index (χ0v) is 23.5. The first-order valence-corrected chi connectivity index (χ1v) is 14.1. The molecule has 1 amide bonds. The molecule has 0 radical (unpaired) electrons. The van der Waals surface area contributed by atoms with E-state index in [0.29, 0.717) is 12.1 Å². The number of hydrogen-bond acceptors (Lipinski definition) is 5. The van der Waals surface area contributed by atoms with E-state index in [0.717, 1.165) is 57.0 Å². The minimum Gasteiger partial charge on any atom is -0.497 e. The normalized spacial score (nSPS) is 20.4. The van der Waals surface area contributed by atoms with Crippen LogP contribution in [0.3, 0.4) is 0 Å². The first kappa shape index (κ1) is 25.1. The zero-order valence-electron chi connectivity index (χ0n) is 21.4. The zero-order chi connectivity index (χ0) is 25.4. The number of aromatic nitrogens is 2. The van der Waals surface area contributed by atoms with E-state index >= 15 is 0 Å². The van der Waals surface area contributed by atoms with Crippen LogP contribution in [-0.4, -0.2) is 57.4 Å². The molecule has 2 fully saturated rings. The molecule has 3 heterocycles. The third-order valence-electron chi connectivity index (χ3n) is 7.73. The van der Waals surface area contributed by atoms with Crippen LogP contribution in [0, 0.1) is 6.92 Å². The Balaban J connectivity index is 1.35. The van der Waals surface area contributed by atoms with Crippen LogP contribution in [0.1, 0.15) is 47.3 Å². The van der Waals surface area contributed by atoms with Crippen molar-refractivity contribution in [2.75, 3.05) is 29.7 Å². The van der Waals surface area contributed by atoms with Gasteiger partial charge in [-0.05, 0) is 74.2 Å². The van der Waals surface area contributed by atoms with E-state index in [-0.39, 0.29) is 11.9 Å². The second-order valence-corrected chi connectivity index (χ2v) is 10.6. The third-order valence-corrected chi connectivity index (χ3v) is 8.52. The van der Waals surface area contributed by atoms with Crippen molar-refractivity contribution in [2.24, 2.45) is 7.05 Å². The number of methoxy groups -OCH3 is 1. The Bertz CT molecular complexity index is 1240. The summed E-state index contributed by atoms with van der Waals surface area (Å²) in [6.45, 7) is 6.08. The van der Waals surface area contributed by atoms with Gasteiger partial charge in [-0.1, -0.05) is 28.7 Å². The fraction of sp³-hybridized carbons (Fsp3) is 0.429. The van der Waals surface area contributed by atoms with Crippen molar-refractivity contribution in [3.63, 3.8) is 0 Å². The molecule has 0 aliphatic carbocycles. The molecule has 0 saturated carbocycles.